The van der Waals surface area contributed by atoms with Gasteiger partial charge < -0.3 is 4.42 Å². The summed E-state index contributed by atoms with van der Waals surface area (Å²) in [6.45, 7) is 1.87. The summed E-state index contributed by atoms with van der Waals surface area (Å²) < 4.78 is 5.66. The van der Waals surface area contributed by atoms with Crippen LogP contribution in [0.4, 0.5) is 0 Å². The van der Waals surface area contributed by atoms with Crippen LogP contribution in [0.5, 0.6) is 0 Å². The van der Waals surface area contributed by atoms with Crippen LogP contribution in [0, 0.1) is 0 Å². The maximum absolute atomic E-state index is 11.3. The molecule has 1 aliphatic rings. The molecule has 0 spiro atoms. The molecule has 1 saturated carbocycles. The lowest BCUT2D eigenvalue weighted by molar-refractivity contribution is -0.118. The maximum Gasteiger partial charge on any atom is 0.201 e. The molecule has 0 aromatic carbocycles. The van der Waals surface area contributed by atoms with Gasteiger partial charge >= 0.3 is 0 Å². The molecule has 0 radical (unpaired) electrons. The number of Topliss-reactive ketones (excluding diaryl/α,β-unsaturated/α-hetero) is 1. The molecule has 2 rings (SSSR count). The molecular formula is C13H19NO2. The highest BCUT2D eigenvalue weighted by Crippen LogP contribution is 2.32. The summed E-state index contributed by atoms with van der Waals surface area (Å²) in [6, 6.07) is 0. The van der Waals surface area contributed by atoms with Gasteiger partial charge in [0.05, 0.1) is 12.6 Å². The van der Waals surface area contributed by atoms with Crippen molar-refractivity contribution in [2.24, 2.45) is 0 Å². The van der Waals surface area contributed by atoms with E-state index in [4.69, 9.17) is 4.42 Å². The Morgan fingerprint density at radius 1 is 1.44 bits per heavy atom. The summed E-state index contributed by atoms with van der Waals surface area (Å²) in [4.78, 5) is 15.5. The van der Waals surface area contributed by atoms with E-state index in [0.29, 0.717) is 24.7 Å². The Hall–Kier alpha value is -1.12. The monoisotopic (exact) mass is 221 g/mol. The van der Waals surface area contributed by atoms with Gasteiger partial charge in [0.15, 0.2) is 0 Å². The van der Waals surface area contributed by atoms with Crippen molar-refractivity contribution in [3.63, 3.8) is 0 Å². The number of rotatable bonds is 4. The summed E-state index contributed by atoms with van der Waals surface area (Å²) >= 11 is 0. The lowest BCUT2D eigenvalue weighted by atomic mass is 9.88. The van der Waals surface area contributed by atoms with Crippen molar-refractivity contribution in [1.82, 2.24) is 4.98 Å². The average molecular weight is 221 g/mol. The standard InChI is InChI=1S/C13H19NO2/c1-2-11(15)8-13-14-9-12(16-13)10-6-4-3-5-7-10/h9-10H,2-8H2,1H3. The highest BCUT2D eigenvalue weighted by molar-refractivity contribution is 5.79. The van der Waals surface area contributed by atoms with Crippen molar-refractivity contribution in [3.8, 4) is 0 Å². The molecule has 0 aliphatic heterocycles. The first-order chi connectivity index (χ1) is 7.79. The number of carbonyl (C=O) groups is 1. The van der Waals surface area contributed by atoms with Crippen molar-refractivity contribution in [2.45, 2.75) is 57.8 Å². The Morgan fingerprint density at radius 2 is 2.19 bits per heavy atom. The fourth-order valence-electron chi connectivity index (χ4n) is 2.28. The molecule has 1 heterocycles. The number of nitrogens with zero attached hydrogens (tertiary/aromatic N) is 1. The van der Waals surface area contributed by atoms with Gasteiger partial charge in [0.25, 0.3) is 0 Å². The summed E-state index contributed by atoms with van der Waals surface area (Å²) in [6.07, 6.45) is 9.04. The van der Waals surface area contributed by atoms with Gasteiger partial charge in [-0.1, -0.05) is 26.2 Å². The largest absolute Gasteiger partial charge is 0.445 e. The second-order valence-corrected chi connectivity index (χ2v) is 4.56. The number of hydrogen-bond acceptors (Lipinski definition) is 3. The molecule has 88 valence electrons. The minimum Gasteiger partial charge on any atom is -0.445 e. The van der Waals surface area contributed by atoms with Crippen molar-refractivity contribution in [2.75, 3.05) is 0 Å². The summed E-state index contributed by atoms with van der Waals surface area (Å²) in [5.74, 6) is 2.30. The van der Waals surface area contributed by atoms with E-state index in [9.17, 15) is 4.79 Å². The third-order valence-electron chi connectivity index (χ3n) is 3.32. The van der Waals surface area contributed by atoms with Crippen LogP contribution >= 0.6 is 0 Å². The fourth-order valence-corrected chi connectivity index (χ4v) is 2.28. The molecule has 1 fully saturated rings. The maximum atomic E-state index is 11.3. The molecule has 3 nitrogen and oxygen atoms in total. The Bertz CT molecular complexity index is 351. The van der Waals surface area contributed by atoms with Crippen molar-refractivity contribution in [3.05, 3.63) is 17.8 Å². The zero-order valence-corrected chi connectivity index (χ0v) is 9.87. The van der Waals surface area contributed by atoms with Crippen LogP contribution < -0.4 is 0 Å². The molecule has 3 heteroatoms. The molecule has 16 heavy (non-hydrogen) atoms. The van der Waals surface area contributed by atoms with Crippen LogP contribution in [0.15, 0.2) is 10.6 Å². The second-order valence-electron chi connectivity index (χ2n) is 4.56. The second kappa shape index (κ2) is 5.28. The minimum atomic E-state index is 0.192. The first-order valence-electron chi connectivity index (χ1n) is 6.26. The fraction of sp³-hybridized carbons (Fsp3) is 0.692. The Kier molecular flexibility index (Phi) is 3.75. The van der Waals surface area contributed by atoms with Crippen LogP contribution in [0.2, 0.25) is 0 Å². The third kappa shape index (κ3) is 2.71. The van der Waals surface area contributed by atoms with E-state index in [0.717, 1.165) is 5.76 Å². The molecule has 0 N–H and O–H groups in total. The molecule has 0 unspecified atom stereocenters. The Labute approximate surface area is 96.3 Å². The van der Waals surface area contributed by atoms with Crippen LogP contribution in [0.25, 0.3) is 0 Å². The SMILES string of the molecule is CCC(=O)Cc1ncc(C2CCCCC2)o1. The highest BCUT2D eigenvalue weighted by Gasteiger charge is 2.19. The summed E-state index contributed by atoms with van der Waals surface area (Å²) in [5, 5.41) is 0. The Morgan fingerprint density at radius 3 is 2.88 bits per heavy atom. The minimum absolute atomic E-state index is 0.192. The van der Waals surface area contributed by atoms with Crippen LogP contribution in [0.3, 0.4) is 0 Å². The van der Waals surface area contributed by atoms with Gasteiger partial charge in [0, 0.05) is 12.3 Å². The quantitative estimate of drug-likeness (QED) is 0.783. The van der Waals surface area contributed by atoms with Gasteiger partial charge in [0.1, 0.15) is 11.5 Å². The van der Waals surface area contributed by atoms with Crippen LogP contribution in [-0.4, -0.2) is 10.8 Å². The van der Waals surface area contributed by atoms with Gasteiger partial charge in [-0.15, -0.1) is 0 Å². The lowest BCUT2D eigenvalue weighted by Gasteiger charge is -2.18. The molecule has 1 aromatic rings. The first kappa shape index (κ1) is 11.4. The normalized spacial score (nSPS) is 17.6. The zero-order chi connectivity index (χ0) is 11.4. The van der Waals surface area contributed by atoms with E-state index in [2.05, 4.69) is 4.98 Å². The number of aromatic nitrogens is 1. The number of ketones is 1. The van der Waals surface area contributed by atoms with Gasteiger partial charge in [0.2, 0.25) is 5.89 Å². The van der Waals surface area contributed by atoms with E-state index in [1.54, 1.807) is 0 Å². The van der Waals surface area contributed by atoms with Gasteiger partial charge in [-0.2, -0.15) is 0 Å². The predicted molar refractivity (Wildman–Crippen MR) is 61.3 cm³/mol. The van der Waals surface area contributed by atoms with Gasteiger partial charge in [-0.3, -0.25) is 4.79 Å². The molecule has 0 amide bonds. The average Bonchev–Trinajstić information content (AvgIpc) is 2.78. The van der Waals surface area contributed by atoms with Gasteiger partial charge in [-0.05, 0) is 12.8 Å². The van der Waals surface area contributed by atoms with E-state index < -0.39 is 0 Å². The predicted octanol–water partition coefficient (Wildman–Crippen LogP) is 3.24. The molecule has 0 atom stereocenters. The molecule has 0 saturated heterocycles. The summed E-state index contributed by atoms with van der Waals surface area (Å²) in [7, 11) is 0. The van der Waals surface area contributed by atoms with Crippen molar-refractivity contribution in [1.29, 1.82) is 0 Å². The number of carbonyl (C=O) groups excluding carboxylic acids is 1. The number of oxazole rings is 1. The number of hydrogen-bond donors (Lipinski definition) is 0. The topological polar surface area (TPSA) is 43.1 Å². The molecule has 1 aliphatic carbocycles. The van der Waals surface area contributed by atoms with Crippen LogP contribution in [-0.2, 0) is 11.2 Å². The zero-order valence-electron chi connectivity index (χ0n) is 9.87. The van der Waals surface area contributed by atoms with E-state index in [-0.39, 0.29) is 5.78 Å². The van der Waals surface area contributed by atoms with E-state index >= 15 is 0 Å². The Balaban J connectivity index is 1.98. The lowest BCUT2D eigenvalue weighted by Crippen LogP contribution is -2.03. The first-order valence-corrected chi connectivity index (χ1v) is 6.26. The van der Waals surface area contributed by atoms with E-state index in [1.165, 1.54) is 32.1 Å². The smallest absolute Gasteiger partial charge is 0.201 e. The van der Waals surface area contributed by atoms with Gasteiger partial charge in [-0.25, -0.2) is 4.98 Å². The van der Waals surface area contributed by atoms with Crippen LogP contribution in [0.1, 0.15) is 63.0 Å². The van der Waals surface area contributed by atoms with E-state index in [1.807, 2.05) is 13.1 Å². The van der Waals surface area contributed by atoms with Crippen molar-refractivity contribution < 1.29 is 9.21 Å². The molecule has 1 aromatic heterocycles. The highest BCUT2D eigenvalue weighted by atomic mass is 16.4. The molecule has 0 bridgehead atoms. The third-order valence-corrected chi connectivity index (χ3v) is 3.32. The summed E-state index contributed by atoms with van der Waals surface area (Å²) in [5.41, 5.74) is 0. The molecular weight excluding hydrogens is 202 g/mol. The van der Waals surface area contributed by atoms with Crippen molar-refractivity contribution >= 4 is 5.78 Å².